The monoisotopic (exact) mass is 520 g/mol. The lowest BCUT2D eigenvalue weighted by molar-refractivity contribution is -0.274. The highest BCUT2D eigenvalue weighted by molar-refractivity contribution is 7.92. The topological polar surface area (TPSA) is 59.5 Å². The van der Waals surface area contributed by atoms with Crippen molar-refractivity contribution >= 4 is 37.9 Å². The van der Waals surface area contributed by atoms with Crippen LogP contribution in [-0.2, 0) is 9.84 Å². The number of hydrogen-bond donors (Lipinski definition) is 0. The zero-order valence-corrected chi connectivity index (χ0v) is 19.2. The molecular weight excluding hydrogens is 504 g/mol. The second kappa shape index (κ2) is 9.11. The van der Waals surface area contributed by atoms with Crippen LogP contribution < -0.4 is 9.64 Å². The van der Waals surface area contributed by atoms with Crippen LogP contribution in [0.5, 0.6) is 5.75 Å². The molecule has 0 atom stereocenters. The van der Waals surface area contributed by atoms with Crippen LogP contribution in [-0.4, -0.2) is 38.1 Å². The molecule has 4 rings (SSSR count). The van der Waals surface area contributed by atoms with Gasteiger partial charge in [-0.05, 0) is 55.3 Å². The number of alkyl halides is 3. The third-order valence-electron chi connectivity index (χ3n) is 5.24. The molecule has 0 amide bonds. The molecule has 0 spiro atoms. The Morgan fingerprint density at radius 1 is 1.09 bits per heavy atom. The van der Waals surface area contributed by atoms with Crippen molar-refractivity contribution in [2.75, 3.05) is 18.0 Å². The van der Waals surface area contributed by atoms with E-state index in [0.29, 0.717) is 37.2 Å². The molecule has 1 fully saturated rings. The molecule has 0 unspecified atom stereocenters. The summed E-state index contributed by atoms with van der Waals surface area (Å²) in [6, 6.07) is 8.61. The van der Waals surface area contributed by atoms with Gasteiger partial charge in [0, 0.05) is 24.0 Å². The number of halogens is 5. The Morgan fingerprint density at radius 3 is 2.36 bits per heavy atom. The van der Waals surface area contributed by atoms with Crippen molar-refractivity contribution in [1.29, 1.82) is 0 Å². The normalized spacial score (nSPS) is 15.6. The number of anilines is 1. The number of ether oxygens (including phenoxy) is 1. The van der Waals surface area contributed by atoms with E-state index in [-0.39, 0.29) is 9.92 Å². The first-order valence-corrected chi connectivity index (χ1v) is 12.6. The van der Waals surface area contributed by atoms with Crippen molar-refractivity contribution in [2.45, 2.75) is 29.3 Å². The van der Waals surface area contributed by atoms with E-state index in [9.17, 15) is 26.0 Å². The van der Waals surface area contributed by atoms with Crippen molar-refractivity contribution in [2.24, 2.45) is 0 Å². The highest BCUT2D eigenvalue weighted by atomic mass is 35.5. The van der Waals surface area contributed by atoms with Crippen LogP contribution in [0.2, 0.25) is 5.02 Å². The summed E-state index contributed by atoms with van der Waals surface area (Å²) >= 11 is 7.24. The average molecular weight is 521 g/mol. The van der Waals surface area contributed by atoms with Gasteiger partial charge in [-0.1, -0.05) is 11.6 Å². The van der Waals surface area contributed by atoms with Crippen molar-refractivity contribution in [1.82, 2.24) is 4.98 Å². The van der Waals surface area contributed by atoms with Crippen molar-refractivity contribution < 1.29 is 30.7 Å². The zero-order valence-electron chi connectivity index (χ0n) is 16.9. The van der Waals surface area contributed by atoms with Gasteiger partial charge in [0.2, 0.25) is 0 Å². The molecule has 1 aromatic heterocycles. The van der Waals surface area contributed by atoms with Gasteiger partial charge >= 0.3 is 6.36 Å². The van der Waals surface area contributed by atoms with Gasteiger partial charge < -0.3 is 9.64 Å². The molecular formula is C21H17ClF4N2O3S2. The highest BCUT2D eigenvalue weighted by Crippen LogP contribution is 2.33. The molecule has 1 aliphatic rings. The highest BCUT2D eigenvalue weighted by Gasteiger charge is 2.33. The van der Waals surface area contributed by atoms with Gasteiger partial charge in [0.15, 0.2) is 15.0 Å². The second-order valence-electron chi connectivity index (χ2n) is 7.39. The summed E-state index contributed by atoms with van der Waals surface area (Å²) in [7, 11) is -3.71. The molecule has 0 N–H and O–H groups in total. The van der Waals surface area contributed by atoms with Gasteiger partial charge in [-0.25, -0.2) is 17.8 Å². The standard InChI is InChI=1S/C21H17ClF4N2O3S2/c22-17-11-13(1-6-18(17)23)19-12-32-20(27-19)28-9-7-16(8-10-28)33(29,30)15-4-2-14(3-5-15)31-21(24,25)26/h1-6,11-12,16H,7-10H2. The van der Waals surface area contributed by atoms with E-state index < -0.39 is 33.0 Å². The molecule has 2 aromatic carbocycles. The predicted octanol–water partition coefficient (Wildman–Crippen LogP) is 5.94. The molecule has 1 saturated heterocycles. The second-order valence-corrected chi connectivity index (χ2v) is 10.9. The summed E-state index contributed by atoms with van der Waals surface area (Å²) in [6.07, 6.45) is -4.15. The van der Waals surface area contributed by atoms with Gasteiger partial charge in [0.1, 0.15) is 11.6 Å². The molecule has 1 aliphatic heterocycles. The molecule has 0 aliphatic carbocycles. The summed E-state index contributed by atoms with van der Waals surface area (Å²) in [5, 5.41) is 1.89. The summed E-state index contributed by atoms with van der Waals surface area (Å²) < 4.78 is 80.0. The van der Waals surface area contributed by atoms with E-state index in [2.05, 4.69) is 9.72 Å². The Labute approximate surface area is 196 Å². The first-order chi connectivity index (χ1) is 15.5. The number of piperidine rings is 1. The van der Waals surface area contributed by atoms with Gasteiger partial charge in [-0.2, -0.15) is 0 Å². The smallest absolute Gasteiger partial charge is 0.406 e. The molecule has 176 valence electrons. The van der Waals surface area contributed by atoms with Gasteiger partial charge in [-0.15, -0.1) is 24.5 Å². The van der Waals surface area contributed by atoms with E-state index in [4.69, 9.17) is 11.6 Å². The van der Waals surface area contributed by atoms with Crippen molar-refractivity contribution in [3.8, 4) is 17.0 Å². The maximum atomic E-state index is 13.4. The number of benzene rings is 2. The third-order valence-corrected chi connectivity index (χ3v) is 8.71. The Balaban J connectivity index is 1.41. The van der Waals surface area contributed by atoms with Crippen molar-refractivity contribution in [3.63, 3.8) is 0 Å². The van der Waals surface area contributed by atoms with Crippen molar-refractivity contribution in [3.05, 3.63) is 58.7 Å². The molecule has 5 nitrogen and oxygen atoms in total. The van der Waals surface area contributed by atoms with Crippen LogP contribution >= 0.6 is 22.9 Å². The Bertz CT molecular complexity index is 1240. The van der Waals surface area contributed by atoms with E-state index in [1.165, 1.54) is 23.5 Å². The summed E-state index contributed by atoms with van der Waals surface area (Å²) in [4.78, 5) is 6.50. The molecule has 0 saturated carbocycles. The number of rotatable bonds is 5. The zero-order chi connectivity index (χ0) is 23.8. The lowest BCUT2D eigenvalue weighted by atomic mass is 10.1. The summed E-state index contributed by atoms with van der Waals surface area (Å²) in [6.45, 7) is 0.909. The lowest BCUT2D eigenvalue weighted by Gasteiger charge is -2.31. The van der Waals surface area contributed by atoms with Crippen LogP contribution in [0.25, 0.3) is 11.3 Å². The van der Waals surface area contributed by atoms with E-state index >= 15 is 0 Å². The third kappa shape index (κ3) is 5.42. The summed E-state index contributed by atoms with van der Waals surface area (Å²) in [5.74, 6) is -0.986. The Kier molecular flexibility index (Phi) is 6.56. The molecule has 0 bridgehead atoms. The van der Waals surface area contributed by atoms with E-state index in [1.807, 2.05) is 10.3 Å². The molecule has 3 aromatic rings. The van der Waals surface area contributed by atoms with Gasteiger partial charge in [0.05, 0.1) is 20.9 Å². The van der Waals surface area contributed by atoms with Crippen LogP contribution in [0.3, 0.4) is 0 Å². The Morgan fingerprint density at radius 2 is 1.76 bits per heavy atom. The molecule has 0 radical (unpaired) electrons. The first-order valence-electron chi connectivity index (χ1n) is 9.78. The van der Waals surface area contributed by atoms with Crippen LogP contribution in [0.15, 0.2) is 52.7 Å². The van der Waals surface area contributed by atoms with Crippen LogP contribution in [0.1, 0.15) is 12.8 Å². The predicted molar refractivity (Wildman–Crippen MR) is 118 cm³/mol. The first kappa shape index (κ1) is 23.8. The SMILES string of the molecule is O=S(=O)(c1ccc(OC(F)(F)F)cc1)C1CCN(c2nc(-c3ccc(F)c(Cl)c3)cs2)CC1. The molecule has 2 heterocycles. The minimum atomic E-state index is -4.84. The number of thiazole rings is 1. The fourth-order valence-corrected chi connectivity index (χ4v) is 6.38. The minimum Gasteiger partial charge on any atom is -0.406 e. The molecule has 33 heavy (non-hydrogen) atoms. The molecule has 12 heteroatoms. The average Bonchev–Trinajstić information content (AvgIpc) is 3.25. The fourth-order valence-electron chi connectivity index (χ4n) is 3.58. The fraction of sp³-hybridized carbons (Fsp3) is 0.286. The van der Waals surface area contributed by atoms with E-state index in [1.54, 1.807) is 6.07 Å². The summed E-state index contributed by atoms with van der Waals surface area (Å²) in [5.41, 5.74) is 1.33. The maximum absolute atomic E-state index is 13.4. The number of aromatic nitrogens is 1. The number of hydrogen-bond acceptors (Lipinski definition) is 6. The maximum Gasteiger partial charge on any atom is 0.573 e. The largest absolute Gasteiger partial charge is 0.573 e. The lowest BCUT2D eigenvalue weighted by Crippen LogP contribution is -2.39. The Hall–Kier alpha value is -2.37. The number of sulfone groups is 1. The van der Waals surface area contributed by atoms with Crippen LogP contribution in [0, 0.1) is 5.82 Å². The minimum absolute atomic E-state index is 0.00562. The number of nitrogens with zero attached hydrogens (tertiary/aromatic N) is 2. The van der Waals surface area contributed by atoms with Gasteiger partial charge in [-0.3, -0.25) is 0 Å². The quantitative estimate of drug-likeness (QED) is 0.389. The van der Waals surface area contributed by atoms with Crippen LogP contribution in [0.4, 0.5) is 22.7 Å². The van der Waals surface area contributed by atoms with Gasteiger partial charge in [0.25, 0.3) is 0 Å². The van der Waals surface area contributed by atoms with E-state index in [0.717, 1.165) is 29.4 Å².